The number of nitrogens with one attached hydrogen (secondary N) is 1. The Kier molecular flexibility index (Phi) is 4.97. The molecule has 0 aliphatic carbocycles. The van der Waals surface area contributed by atoms with Crippen molar-refractivity contribution in [1.82, 2.24) is 29.5 Å². The van der Waals surface area contributed by atoms with Gasteiger partial charge in [0, 0.05) is 24.2 Å². The predicted molar refractivity (Wildman–Crippen MR) is 114 cm³/mol. The van der Waals surface area contributed by atoms with Crippen molar-refractivity contribution in [2.45, 2.75) is 25.4 Å². The average Bonchev–Trinajstić information content (AvgIpc) is 3.49. The second-order valence-electron chi connectivity index (χ2n) is 7.30. The van der Waals surface area contributed by atoms with E-state index in [1.807, 2.05) is 12.1 Å². The molecule has 0 radical (unpaired) electrons. The highest BCUT2D eigenvalue weighted by Crippen LogP contribution is 2.22. The lowest BCUT2D eigenvalue weighted by molar-refractivity contribution is 0.254. The highest BCUT2D eigenvalue weighted by atomic mass is 35.5. The van der Waals surface area contributed by atoms with E-state index in [9.17, 15) is 0 Å². The van der Waals surface area contributed by atoms with Crippen molar-refractivity contribution >= 4 is 29.3 Å². The number of anilines is 2. The fourth-order valence-corrected chi connectivity index (χ4v) is 3.89. The summed E-state index contributed by atoms with van der Waals surface area (Å²) in [5.41, 5.74) is 7.32. The Bertz CT molecular complexity index is 1140. The van der Waals surface area contributed by atoms with Gasteiger partial charge in [-0.2, -0.15) is 19.5 Å². The first-order valence-electron chi connectivity index (χ1n) is 9.82. The summed E-state index contributed by atoms with van der Waals surface area (Å²) in [6, 6.07) is 12.0. The number of hydrogen-bond donors (Lipinski definition) is 2. The van der Waals surface area contributed by atoms with E-state index in [0.717, 1.165) is 31.1 Å². The molecule has 4 heterocycles. The van der Waals surface area contributed by atoms with Crippen LogP contribution in [-0.4, -0.2) is 48.6 Å². The lowest BCUT2D eigenvalue weighted by atomic mass is 10.2. The number of halogens is 1. The third-order valence-electron chi connectivity index (χ3n) is 5.27. The summed E-state index contributed by atoms with van der Waals surface area (Å²) in [5.74, 6) is 2.01. The number of likely N-dealkylation sites (tertiary alicyclic amines) is 1. The molecule has 1 aliphatic heterocycles. The minimum Gasteiger partial charge on any atom is -0.461 e. The minimum absolute atomic E-state index is 0.220. The first-order chi connectivity index (χ1) is 14.7. The predicted octanol–water partition coefficient (Wildman–Crippen LogP) is 3.09. The maximum atomic E-state index is 6.07. The number of aromatic nitrogens is 5. The molecule has 3 aromatic heterocycles. The Morgan fingerprint density at radius 3 is 2.83 bits per heavy atom. The molecule has 10 heteroatoms. The molecule has 3 N–H and O–H groups in total. The summed E-state index contributed by atoms with van der Waals surface area (Å²) in [6.45, 7) is 2.68. The zero-order valence-corrected chi connectivity index (χ0v) is 17.0. The number of nitrogens with zero attached hydrogens (tertiary/aromatic N) is 6. The molecule has 1 aromatic carbocycles. The van der Waals surface area contributed by atoms with Gasteiger partial charge in [-0.05, 0) is 49.2 Å². The smallest absolute Gasteiger partial charge is 0.259 e. The van der Waals surface area contributed by atoms with Crippen LogP contribution in [0.15, 0.2) is 47.1 Å². The van der Waals surface area contributed by atoms with Crippen LogP contribution >= 0.6 is 11.6 Å². The second-order valence-corrected chi connectivity index (χ2v) is 7.74. The van der Waals surface area contributed by atoms with Crippen LogP contribution in [0.2, 0.25) is 5.02 Å². The highest BCUT2D eigenvalue weighted by Gasteiger charge is 2.24. The van der Waals surface area contributed by atoms with Crippen LogP contribution in [0.4, 0.5) is 11.9 Å². The molecule has 30 heavy (non-hydrogen) atoms. The molecule has 4 aromatic rings. The van der Waals surface area contributed by atoms with Crippen LogP contribution in [-0.2, 0) is 6.54 Å². The Morgan fingerprint density at radius 1 is 1.17 bits per heavy atom. The largest absolute Gasteiger partial charge is 0.461 e. The van der Waals surface area contributed by atoms with Crippen molar-refractivity contribution in [3.63, 3.8) is 0 Å². The first kappa shape index (κ1) is 18.8. The van der Waals surface area contributed by atoms with Gasteiger partial charge in [-0.15, -0.1) is 5.10 Å². The Balaban J connectivity index is 1.28. The van der Waals surface area contributed by atoms with E-state index in [1.54, 1.807) is 18.4 Å². The Labute approximate surface area is 177 Å². The summed E-state index contributed by atoms with van der Waals surface area (Å²) >= 11 is 6.00. The second kappa shape index (κ2) is 7.92. The quantitative estimate of drug-likeness (QED) is 0.485. The number of nitrogen functional groups attached to an aromatic ring is 1. The number of benzene rings is 1. The van der Waals surface area contributed by atoms with Gasteiger partial charge in [-0.1, -0.05) is 23.7 Å². The SMILES string of the molecule is Nc1nc(NCC2CCCN2Cc2ccc(Cl)cc2)nc2nc(-c3ccco3)nn12. The van der Waals surface area contributed by atoms with E-state index in [0.29, 0.717) is 29.4 Å². The van der Waals surface area contributed by atoms with Gasteiger partial charge in [-0.3, -0.25) is 4.90 Å². The monoisotopic (exact) mass is 424 g/mol. The molecule has 0 saturated carbocycles. The van der Waals surface area contributed by atoms with Crippen molar-refractivity contribution < 1.29 is 4.42 Å². The fourth-order valence-electron chi connectivity index (χ4n) is 3.76. The molecular weight excluding hydrogens is 404 g/mol. The van der Waals surface area contributed by atoms with Crippen LogP contribution in [0.5, 0.6) is 0 Å². The molecule has 5 rings (SSSR count). The van der Waals surface area contributed by atoms with Gasteiger partial charge in [-0.25, -0.2) is 0 Å². The molecule has 9 nitrogen and oxygen atoms in total. The summed E-state index contributed by atoms with van der Waals surface area (Å²) < 4.78 is 6.75. The minimum atomic E-state index is 0.220. The first-order valence-corrected chi connectivity index (χ1v) is 10.2. The van der Waals surface area contributed by atoms with E-state index in [2.05, 4.69) is 42.4 Å². The van der Waals surface area contributed by atoms with Crippen molar-refractivity contribution in [1.29, 1.82) is 0 Å². The van der Waals surface area contributed by atoms with E-state index in [-0.39, 0.29) is 5.95 Å². The molecule has 0 bridgehead atoms. The number of rotatable bonds is 6. The van der Waals surface area contributed by atoms with Gasteiger partial charge in [0.2, 0.25) is 17.7 Å². The molecule has 1 saturated heterocycles. The van der Waals surface area contributed by atoms with E-state index < -0.39 is 0 Å². The third kappa shape index (κ3) is 3.81. The lowest BCUT2D eigenvalue weighted by Crippen LogP contribution is -2.34. The standard InChI is InChI=1S/C20H21ClN8O/c21-14-7-5-13(6-8-14)12-28-9-1-3-15(28)11-23-19-25-18(22)29-20(26-19)24-17(27-29)16-4-2-10-30-16/h2,4-8,10,15H,1,3,9,11-12H2,(H3,22,23,24,25,26,27). The van der Waals surface area contributed by atoms with Crippen molar-refractivity contribution in [3.8, 4) is 11.6 Å². The summed E-state index contributed by atoms with van der Waals surface area (Å²) in [6.07, 6.45) is 3.85. The number of furan rings is 1. The van der Waals surface area contributed by atoms with Gasteiger partial charge >= 0.3 is 0 Å². The molecule has 1 aliphatic rings. The lowest BCUT2D eigenvalue weighted by Gasteiger charge is -2.24. The highest BCUT2D eigenvalue weighted by molar-refractivity contribution is 6.30. The molecular formula is C20H21ClN8O. The Morgan fingerprint density at radius 2 is 2.03 bits per heavy atom. The molecule has 0 spiro atoms. The summed E-state index contributed by atoms with van der Waals surface area (Å²) in [4.78, 5) is 15.6. The molecule has 1 unspecified atom stereocenters. The van der Waals surface area contributed by atoms with Crippen molar-refractivity contribution in [2.75, 3.05) is 24.1 Å². The maximum absolute atomic E-state index is 6.07. The van der Waals surface area contributed by atoms with Crippen LogP contribution < -0.4 is 11.1 Å². The maximum Gasteiger partial charge on any atom is 0.259 e. The van der Waals surface area contributed by atoms with E-state index >= 15 is 0 Å². The molecule has 1 fully saturated rings. The van der Waals surface area contributed by atoms with Crippen LogP contribution in [0, 0.1) is 0 Å². The number of fused-ring (bicyclic) bond motifs is 1. The molecule has 154 valence electrons. The number of hydrogen-bond acceptors (Lipinski definition) is 8. The third-order valence-corrected chi connectivity index (χ3v) is 5.52. The zero-order chi connectivity index (χ0) is 20.5. The van der Waals surface area contributed by atoms with Crippen LogP contribution in [0.3, 0.4) is 0 Å². The normalized spacial score (nSPS) is 17.0. The van der Waals surface area contributed by atoms with Crippen molar-refractivity contribution in [3.05, 3.63) is 53.2 Å². The molecule has 0 amide bonds. The van der Waals surface area contributed by atoms with E-state index in [1.165, 1.54) is 16.5 Å². The Hall–Kier alpha value is -3.17. The fraction of sp³-hybridized carbons (Fsp3) is 0.300. The average molecular weight is 425 g/mol. The van der Waals surface area contributed by atoms with E-state index in [4.69, 9.17) is 21.8 Å². The van der Waals surface area contributed by atoms with Gasteiger partial charge in [0.15, 0.2) is 5.76 Å². The zero-order valence-electron chi connectivity index (χ0n) is 16.2. The summed E-state index contributed by atoms with van der Waals surface area (Å²) in [7, 11) is 0. The number of nitrogens with two attached hydrogens (primary N) is 1. The summed E-state index contributed by atoms with van der Waals surface area (Å²) in [5, 5.41) is 8.39. The van der Waals surface area contributed by atoms with Crippen LogP contribution in [0.1, 0.15) is 18.4 Å². The van der Waals surface area contributed by atoms with Crippen LogP contribution in [0.25, 0.3) is 17.4 Å². The van der Waals surface area contributed by atoms with Gasteiger partial charge in [0.1, 0.15) is 0 Å². The van der Waals surface area contributed by atoms with Crippen molar-refractivity contribution in [2.24, 2.45) is 0 Å². The molecule has 1 atom stereocenters. The van der Waals surface area contributed by atoms with Gasteiger partial charge in [0.05, 0.1) is 6.26 Å². The van der Waals surface area contributed by atoms with Gasteiger partial charge in [0.25, 0.3) is 5.78 Å². The topological polar surface area (TPSA) is 110 Å². The van der Waals surface area contributed by atoms with Gasteiger partial charge < -0.3 is 15.5 Å².